The molecule has 2 nitrogen and oxygen atoms in total. The molecule has 1 saturated heterocycles. The maximum atomic E-state index is 3.61. The quantitative estimate of drug-likeness (QED) is 0.733. The second kappa shape index (κ2) is 6.75. The van der Waals surface area contributed by atoms with E-state index >= 15 is 0 Å². The van der Waals surface area contributed by atoms with Gasteiger partial charge in [-0.1, -0.05) is 33.1 Å². The van der Waals surface area contributed by atoms with Gasteiger partial charge >= 0.3 is 0 Å². The predicted octanol–water partition coefficient (Wildman–Crippen LogP) is 2.74. The number of nitrogens with one attached hydrogen (secondary N) is 1. The lowest BCUT2D eigenvalue weighted by molar-refractivity contribution is 0.234. The molecule has 2 heteroatoms. The van der Waals surface area contributed by atoms with E-state index in [0.29, 0.717) is 0 Å². The van der Waals surface area contributed by atoms with E-state index in [1.165, 1.54) is 64.8 Å². The second-order valence-corrected chi connectivity index (χ2v) is 6.59. The summed E-state index contributed by atoms with van der Waals surface area (Å²) in [5.41, 5.74) is 0. The first-order valence-corrected chi connectivity index (χ1v) is 7.67. The van der Waals surface area contributed by atoms with Crippen LogP contribution >= 0.6 is 0 Å². The summed E-state index contributed by atoms with van der Waals surface area (Å²) in [5, 5.41) is 3.61. The van der Waals surface area contributed by atoms with Crippen molar-refractivity contribution in [2.45, 2.75) is 46.0 Å². The maximum Gasteiger partial charge on any atom is 0.00223 e. The van der Waals surface area contributed by atoms with Gasteiger partial charge in [-0.15, -0.1) is 0 Å². The van der Waals surface area contributed by atoms with Gasteiger partial charge in [-0.3, -0.25) is 0 Å². The van der Waals surface area contributed by atoms with E-state index in [0.717, 1.165) is 17.8 Å². The standard InChI is InChI=1S/C15H30N2/c1-13(2)10-16-11-15-7-9-17(12-15)8-6-14-4-3-5-14/h13-16H,3-12H2,1-2H3. The van der Waals surface area contributed by atoms with E-state index in [9.17, 15) is 0 Å². The van der Waals surface area contributed by atoms with Crippen LogP contribution in [0.3, 0.4) is 0 Å². The van der Waals surface area contributed by atoms with Crippen molar-refractivity contribution in [1.29, 1.82) is 0 Å². The number of rotatable bonds is 7. The third-order valence-corrected chi connectivity index (χ3v) is 4.43. The highest BCUT2D eigenvalue weighted by Gasteiger charge is 2.24. The molecule has 0 aromatic heterocycles. The lowest BCUT2D eigenvalue weighted by Crippen LogP contribution is -2.30. The number of hydrogen-bond acceptors (Lipinski definition) is 2. The molecule has 1 unspecified atom stereocenters. The van der Waals surface area contributed by atoms with Crippen LogP contribution in [0.15, 0.2) is 0 Å². The van der Waals surface area contributed by atoms with Crippen LogP contribution in [0, 0.1) is 17.8 Å². The van der Waals surface area contributed by atoms with Crippen molar-refractivity contribution >= 4 is 0 Å². The Morgan fingerprint density at radius 3 is 2.65 bits per heavy atom. The molecule has 1 aliphatic carbocycles. The van der Waals surface area contributed by atoms with Gasteiger partial charge < -0.3 is 10.2 Å². The van der Waals surface area contributed by atoms with Crippen molar-refractivity contribution in [2.75, 3.05) is 32.7 Å². The van der Waals surface area contributed by atoms with Gasteiger partial charge in [0.15, 0.2) is 0 Å². The zero-order valence-corrected chi connectivity index (χ0v) is 11.8. The molecule has 0 aromatic carbocycles. The molecule has 1 N–H and O–H groups in total. The first-order valence-electron chi connectivity index (χ1n) is 7.67. The zero-order chi connectivity index (χ0) is 12.1. The van der Waals surface area contributed by atoms with Gasteiger partial charge in [-0.25, -0.2) is 0 Å². The highest BCUT2D eigenvalue weighted by Crippen LogP contribution is 2.30. The Morgan fingerprint density at radius 1 is 1.18 bits per heavy atom. The summed E-state index contributed by atoms with van der Waals surface area (Å²) in [5.74, 6) is 2.77. The molecule has 0 spiro atoms. The van der Waals surface area contributed by atoms with E-state index in [1.54, 1.807) is 0 Å². The Kier molecular flexibility index (Phi) is 5.30. The predicted molar refractivity (Wildman–Crippen MR) is 74.2 cm³/mol. The van der Waals surface area contributed by atoms with Gasteiger partial charge in [-0.2, -0.15) is 0 Å². The maximum absolute atomic E-state index is 3.61. The van der Waals surface area contributed by atoms with Gasteiger partial charge in [0, 0.05) is 6.54 Å². The van der Waals surface area contributed by atoms with Gasteiger partial charge in [0.05, 0.1) is 0 Å². The zero-order valence-electron chi connectivity index (χ0n) is 11.8. The SMILES string of the molecule is CC(C)CNCC1CCN(CCC2CCC2)C1. The molecule has 1 heterocycles. The monoisotopic (exact) mass is 238 g/mol. The Bertz CT molecular complexity index is 211. The van der Waals surface area contributed by atoms with E-state index < -0.39 is 0 Å². The summed E-state index contributed by atoms with van der Waals surface area (Å²) in [7, 11) is 0. The molecular weight excluding hydrogens is 208 g/mol. The van der Waals surface area contributed by atoms with Crippen molar-refractivity contribution in [2.24, 2.45) is 17.8 Å². The van der Waals surface area contributed by atoms with Gasteiger partial charge in [0.25, 0.3) is 0 Å². The van der Waals surface area contributed by atoms with Crippen LogP contribution in [0.25, 0.3) is 0 Å². The lowest BCUT2D eigenvalue weighted by atomic mass is 9.83. The molecule has 0 radical (unpaired) electrons. The molecule has 0 aromatic rings. The van der Waals surface area contributed by atoms with Gasteiger partial charge in [0.2, 0.25) is 0 Å². The molecule has 0 amide bonds. The Morgan fingerprint density at radius 2 is 2.00 bits per heavy atom. The molecule has 0 bridgehead atoms. The molecule has 2 rings (SSSR count). The lowest BCUT2D eigenvalue weighted by Gasteiger charge is -2.27. The highest BCUT2D eigenvalue weighted by atomic mass is 15.1. The smallest absolute Gasteiger partial charge is 0.00223 e. The van der Waals surface area contributed by atoms with Crippen LogP contribution in [-0.2, 0) is 0 Å². The van der Waals surface area contributed by atoms with E-state index in [4.69, 9.17) is 0 Å². The van der Waals surface area contributed by atoms with E-state index in [-0.39, 0.29) is 0 Å². The van der Waals surface area contributed by atoms with Crippen molar-refractivity contribution in [1.82, 2.24) is 10.2 Å². The van der Waals surface area contributed by atoms with Crippen LogP contribution in [0.5, 0.6) is 0 Å². The Hall–Kier alpha value is -0.0800. The number of likely N-dealkylation sites (tertiary alicyclic amines) is 1. The van der Waals surface area contributed by atoms with E-state index in [1.807, 2.05) is 0 Å². The normalized spacial score (nSPS) is 26.6. The van der Waals surface area contributed by atoms with E-state index in [2.05, 4.69) is 24.1 Å². The third kappa shape index (κ3) is 4.59. The summed E-state index contributed by atoms with van der Waals surface area (Å²) in [6.45, 7) is 11.0. The van der Waals surface area contributed by atoms with Crippen LogP contribution in [0.4, 0.5) is 0 Å². The summed E-state index contributed by atoms with van der Waals surface area (Å²) in [6.07, 6.45) is 7.38. The third-order valence-electron chi connectivity index (χ3n) is 4.43. The minimum Gasteiger partial charge on any atom is -0.316 e. The highest BCUT2D eigenvalue weighted by molar-refractivity contribution is 4.79. The molecule has 17 heavy (non-hydrogen) atoms. The molecule has 1 aliphatic heterocycles. The van der Waals surface area contributed by atoms with Crippen molar-refractivity contribution in [3.05, 3.63) is 0 Å². The van der Waals surface area contributed by atoms with Gasteiger partial charge in [0.1, 0.15) is 0 Å². The fourth-order valence-corrected chi connectivity index (χ4v) is 3.01. The fourth-order valence-electron chi connectivity index (χ4n) is 3.01. The summed E-state index contributed by atoms with van der Waals surface area (Å²) in [6, 6.07) is 0. The summed E-state index contributed by atoms with van der Waals surface area (Å²) < 4.78 is 0. The molecule has 1 saturated carbocycles. The summed E-state index contributed by atoms with van der Waals surface area (Å²) in [4.78, 5) is 2.69. The minimum absolute atomic E-state index is 0.783. The van der Waals surface area contributed by atoms with Crippen LogP contribution in [-0.4, -0.2) is 37.6 Å². The average molecular weight is 238 g/mol. The number of nitrogens with zero attached hydrogens (tertiary/aromatic N) is 1. The Labute approximate surface area is 107 Å². The summed E-state index contributed by atoms with van der Waals surface area (Å²) >= 11 is 0. The molecule has 2 aliphatic rings. The largest absolute Gasteiger partial charge is 0.316 e. The first kappa shape index (κ1) is 13.4. The van der Waals surface area contributed by atoms with Gasteiger partial charge in [-0.05, 0) is 56.8 Å². The molecule has 100 valence electrons. The van der Waals surface area contributed by atoms with Crippen molar-refractivity contribution in [3.8, 4) is 0 Å². The second-order valence-electron chi connectivity index (χ2n) is 6.59. The first-order chi connectivity index (χ1) is 8.24. The fraction of sp³-hybridized carbons (Fsp3) is 1.00. The molecule has 2 fully saturated rings. The molecular formula is C15H30N2. The topological polar surface area (TPSA) is 15.3 Å². The average Bonchev–Trinajstić information content (AvgIpc) is 2.63. The van der Waals surface area contributed by atoms with Crippen molar-refractivity contribution in [3.63, 3.8) is 0 Å². The minimum atomic E-state index is 0.783. The van der Waals surface area contributed by atoms with Crippen LogP contribution in [0.1, 0.15) is 46.0 Å². The van der Waals surface area contributed by atoms with Crippen LogP contribution in [0.2, 0.25) is 0 Å². The van der Waals surface area contributed by atoms with Crippen molar-refractivity contribution < 1.29 is 0 Å². The molecule has 1 atom stereocenters. The number of hydrogen-bond donors (Lipinski definition) is 1. The Balaban J connectivity index is 1.52. The van der Waals surface area contributed by atoms with Crippen LogP contribution < -0.4 is 5.32 Å².